The SMILES string of the molecule is CC(CC(N)=O)NC(=O)c1ccc(F)c([N+](=O)[O-])c1. The van der Waals surface area contributed by atoms with Gasteiger partial charge in [0.2, 0.25) is 11.7 Å². The van der Waals surface area contributed by atoms with Crippen molar-refractivity contribution < 1.29 is 18.9 Å². The Hall–Kier alpha value is -2.51. The Kier molecular flexibility index (Phi) is 4.51. The lowest BCUT2D eigenvalue weighted by molar-refractivity contribution is -0.387. The van der Waals surface area contributed by atoms with Crippen molar-refractivity contribution in [1.29, 1.82) is 0 Å². The molecule has 0 aliphatic heterocycles. The largest absolute Gasteiger partial charge is 0.370 e. The number of amides is 2. The molecule has 102 valence electrons. The number of carbonyl (C=O) groups is 2. The summed E-state index contributed by atoms with van der Waals surface area (Å²) in [6.07, 6.45) is -0.0605. The van der Waals surface area contributed by atoms with Gasteiger partial charge in [-0.3, -0.25) is 19.7 Å². The van der Waals surface area contributed by atoms with Gasteiger partial charge in [-0.15, -0.1) is 0 Å². The van der Waals surface area contributed by atoms with E-state index in [1.54, 1.807) is 6.92 Å². The molecule has 19 heavy (non-hydrogen) atoms. The van der Waals surface area contributed by atoms with E-state index in [9.17, 15) is 24.1 Å². The molecule has 1 aromatic carbocycles. The van der Waals surface area contributed by atoms with Gasteiger partial charge in [-0.1, -0.05) is 0 Å². The molecule has 8 heteroatoms. The number of nitrogens with two attached hydrogens (primary N) is 1. The van der Waals surface area contributed by atoms with Gasteiger partial charge in [0.05, 0.1) is 4.92 Å². The maximum absolute atomic E-state index is 13.1. The van der Waals surface area contributed by atoms with Gasteiger partial charge in [0.1, 0.15) is 0 Å². The van der Waals surface area contributed by atoms with Crippen molar-refractivity contribution in [1.82, 2.24) is 5.32 Å². The van der Waals surface area contributed by atoms with Crippen molar-refractivity contribution in [2.45, 2.75) is 19.4 Å². The first-order valence-electron chi connectivity index (χ1n) is 5.34. The molecule has 1 unspecified atom stereocenters. The number of halogens is 1. The highest BCUT2D eigenvalue weighted by molar-refractivity contribution is 5.95. The first-order valence-corrected chi connectivity index (χ1v) is 5.34. The van der Waals surface area contributed by atoms with Gasteiger partial charge in [-0.2, -0.15) is 4.39 Å². The average molecular weight is 269 g/mol. The minimum absolute atomic E-state index is 0.0605. The van der Waals surface area contributed by atoms with Gasteiger partial charge in [0.15, 0.2) is 0 Å². The van der Waals surface area contributed by atoms with Gasteiger partial charge in [0.25, 0.3) is 5.91 Å². The van der Waals surface area contributed by atoms with E-state index in [1.807, 2.05) is 0 Å². The van der Waals surface area contributed by atoms with Gasteiger partial charge in [-0.25, -0.2) is 0 Å². The van der Waals surface area contributed by atoms with Crippen LogP contribution in [0, 0.1) is 15.9 Å². The van der Waals surface area contributed by atoms with E-state index in [2.05, 4.69) is 5.32 Å². The van der Waals surface area contributed by atoms with Gasteiger partial charge >= 0.3 is 5.69 Å². The summed E-state index contributed by atoms with van der Waals surface area (Å²) >= 11 is 0. The molecular weight excluding hydrogens is 257 g/mol. The molecule has 3 N–H and O–H groups in total. The molecule has 1 rings (SSSR count). The minimum Gasteiger partial charge on any atom is -0.370 e. The molecular formula is C11H12FN3O4. The van der Waals surface area contributed by atoms with Gasteiger partial charge in [0, 0.05) is 24.1 Å². The Morgan fingerprint density at radius 1 is 1.53 bits per heavy atom. The second-order valence-corrected chi connectivity index (χ2v) is 3.97. The zero-order chi connectivity index (χ0) is 14.6. The van der Waals surface area contributed by atoms with Crippen LogP contribution in [0.25, 0.3) is 0 Å². The molecule has 0 aliphatic carbocycles. The summed E-state index contributed by atoms with van der Waals surface area (Å²) in [6.45, 7) is 1.56. The van der Waals surface area contributed by atoms with Crippen LogP contribution >= 0.6 is 0 Å². The number of hydrogen-bond donors (Lipinski definition) is 2. The van der Waals surface area contributed by atoms with Crippen molar-refractivity contribution in [2.24, 2.45) is 5.73 Å². The third kappa shape index (κ3) is 4.02. The van der Waals surface area contributed by atoms with Crippen molar-refractivity contribution in [3.63, 3.8) is 0 Å². The van der Waals surface area contributed by atoms with E-state index >= 15 is 0 Å². The number of carbonyl (C=O) groups excluding carboxylic acids is 2. The summed E-state index contributed by atoms with van der Waals surface area (Å²) in [7, 11) is 0. The van der Waals surface area contributed by atoms with Crippen LogP contribution in [0.15, 0.2) is 18.2 Å². The topological polar surface area (TPSA) is 115 Å². The van der Waals surface area contributed by atoms with Crippen molar-refractivity contribution in [3.8, 4) is 0 Å². The average Bonchev–Trinajstić information content (AvgIpc) is 2.27. The molecule has 0 heterocycles. The number of primary amides is 1. The molecule has 0 saturated carbocycles. The van der Waals surface area contributed by atoms with Crippen molar-refractivity contribution in [3.05, 3.63) is 39.7 Å². The number of hydrogen-bond acceptors (Lipinski definition) is 4. The Bertz CT molecular complexity index is 533. The van der Waals surface area contributed by atoms with Crippen molar-refractivity contribution >= 4 is 17.5 Å². The van der Waals surface area contributed by atoms with E-state index < -0.39 is 34.3 Å². The lowest BCUT2D eigenvalue weighted by atomic mass is 10.1. The Morgan fingerprint density at radius 3 is 2.68 bits per heavy atom. The lowest BCUT2D eigenvalue weighted by Crippen LogP contribution is -2.35. The molecule has 0 radical (unpaired) electrons. The number of benzene rings is 1. The molecule has 0 saturated heterocycles. The summed E-state index contributed by atoms with van der Waals surface area (Å²) in [4.78, 5) is 32.0. The van der Waals surface area contributed by atoms with E-state index in [0.717, 1.165) is 18.2 Å². The number of nitrogens with zero attached hydrogens (tertiary/aromatic N) is 1. The maximum atomic E-state index is 13.1. The Balaban J connectivity index is 2.86. The highest BCUT2D eigenvalue weighted by atomic mass is 19.1. The van der Waals surface area contributed by atoms with E-state index in [-0.39, 0.29) is 12.0 Å². The summed E-state index contributed by atoms with van der Waals surface area (Å²) in [6, 6.07) is 2.27. The summed E-state index contributed by atoms with van der Waals surface area (Å²) in [5.41, 5.74) is 4.11. The maximum Gasteiger partial charge on any atom is 0.305 e. The van der Waals surface area contributed by atoms with Crippen LogP contribution in [0.1, 0.15) is 23.7 Å². The summed E-state index contributed by atoms with van der Waals surface area (Å²) in [5, 5.41) is 13.0. The zero-order valence-electron chi connectivity index (χ0n) is 10.1. The predicted octanol–water partition coefficient (Wildman–Crippen LogP) is 0.728. The summed E-state index contributed by atoms with van der Waals surface area (Å²) < 4.78 is 13.1. The van der Waals surface area contributed by atoms with Gasteiger partial charge in [-0.05, 0) is 19.1 Å². The molecule has 0 spiro atoms. The second kappa shape index (κ2) is 5.89. The fraction of sp³-hybridized carbons (Fsp3) is 0.273. The third-order valence-corrected chi connectivity index (χ3v) is 2.29. The standard InChI is InChI=1S/C11H12FN3O4/c1-6(4-10(13)16)14-11(17)7-2-3-8(12)9(5-7)15(18)19/h2-3,5-6H,4H2,1H3,(H2,13,16)(H,14,17). The quantitative estimate of drug-likeness (QED) is 0.605. The van der Waals surface area contributed by atoms with Crippen LogP contribution in [0.2, 0.25) is 0 Å². The van der Waals surface area contributed by atoms with Crippen LogP contribution in [0.4, 0.5) is 10.1 Å². The summed E-state index contributed by atoms with van der Waals surface area (Å²) in [5.74, 6) is -2.25. The van der Waals surface area contributed by atoms with E-state index in [0.29, 0.717) is 0 Å². The molecule has 0 aromatic heterocycles. The molecule has 2 amide bonds. The molecule has 7 nitrogen and oxygen atoms in total. The highest BCUT2D eigenvalue weighted by Crippen LogP contribution is 2.18. The zero-order valence-corrected chi connectivity index (χ0v) is 10.1. The third-order valence-electron chi connectivity index (χ3n) is 2.29. The van der Waals surface area contributed by atoms with Crippen LogP contribution in [0.3, 0.4) is 0 Å². The molecule has 0 aliphatic rings. The van der Waals surface area contributed by atoms with Crippen molar-refractivity contribution in [2.75, 3.05) is 0 Å². The second-order valence-electron chi connectivity index (χ2n) is 3.97. The first-order chi connectivity index (χ1) is 8.81. The number of nitro benzene ring substituents is 1. The molecule has 1 aromatic rings. The Morgan fingerprint density at radius 2 is 2.16 bits per heavy atom. The van der Waals surface area contributed by atoms with Crippen LogP contribution in [0.5, 0.6) is 0 Å². The monoisotopic (exact) mass is 269 g/mol. The fourth-order valence-corrected chi connectivity index (χ4v) is 1.45. The smallest absolute Gasteiger partial charge is 0.305 e. The number of rotatable bonds is 5. The Labute approximate surface area is 107 Å². The van der Waals surface area contributed by atoms with Crippen LogP contribution in [-0.4, -0.2) is 22.8 Å². The lowest BCUT2D eigenvalue weighted by Gasteiger charge is -2.11. The normalized spacial score (nSPS) is 11.7. The minimum atomic E-state index is -1.02. The number of nitro groups is 1. The predicted molar refractivity (Wildman–Crippen MR) is 63.8 cm³/mol. The molecule has 0 fully saturated rings. The van der Waals surface area contributed by atoms with E-state index in [4.69, 9.17) is 5.73 Å². The van der Waals surface area contributed by atoms with Crippen LogP contribution < -0.4 is 11.1 Å². The number of nitrogens with one attached hydrogen (secondary N) is 1. The van der Waals surface area contributed by atoms with Crippen LogP contribution in [-0.2, 0) is 4.79 Å². The first kappa shape index (κ1) is 14.6. The van der Waals surface area contributed by atoms with Gasteiger partial charge < -0.3 is 11.1 Å². The molecule has 0 bridgehead atoms. The molecule has 1 atom stereocenters. The highest BCUT2D eigenvalue weighted by Gasteiger charge is 2.18. The fourth-order valence-electron chi connectivity index (χ4n) is 1.45. The van der Waals surface area contributed by atoms with E-state index in [1.165, 1.54) is 0 Å².